The van der Waals surface area contributed by atoms with Crippen LogP contribution in [0.15, 0.2) is 47.6 Å². The van der Waals surface area contributed by atoms with Crippen molar-refractivity contribution in [1.82, 2.24) is 24.6 Å². The average molecular weight is 488 g/mol. The third-order valence-electron chi connectivity index (χ3n) is 5.93. The number of amides is 1. The van der Waals surface area contributed by atoms with Crippen molar-refractivity contribution in [2.45, 2.75) is 37.0 Å². The number of hydrogen-bond donors (Lipinski definition) is 0. The van der Waals surface area contributed by atoms with Gasteiger partial charge in [-0.3, -0.25) is 9.69 Å². The Morgan fingerprint density at radius 2 is 1.81 bits per heavy atom. The Morgan fingerprint density at radius 1 is 1.03 bits per heavy atom. The second-order valence-electron chi connectivity index (χ2n) is 8.34. The highest BCUT2D eigenvalue weighted by Crippen LogP contribution is 2.40. The van der Waals surface area contributed by atoms with E-state index in [4.69, 9.17) is 11.6 Å². The first-order valence-electron chi connectivity index (χ1n) is 11.0. The molecule has 0 spiro atoms. The lowest BCUT2D eigenvalue weighted by atomic mass is 10.2. The minimum Gasteiger partial charge on any atom is -0.339 e. The van der Waals surface area contributed by atoms with Crippen LogP contribution < -0.4 is 0 Å². The smallest absolute Gasteiger partial charge is 0.233 e. The molecule has 0 N–H and O–H groups in total. The molecular formula is C23H26ClN5OS2. The summed E-state index contributed by atoms with van der Waals surface area (Å²) in [6.45, 7) is 4.97. The van der Waals surface area contributed by atoms with Crippen molar-refractivity contribution in [2.24, 2.45) is 0 Å². The topological polar surface area (TPSA) is 54.3 Å². The first-order valence-corrected chi connectivity index (χ1v) is 13.2. The van der Waals surface area contributed by atoms with Crippen LogP contribution in [0.4, 0.5) is 0 Å². The molecule has 2 fully saturated rings. The maximum atomic E-state index is 12.9. The first-order chi connectivity index (χ1) is 15.7. The molecule has 168 valence electrons. The molecule has 1 saturated heterocycles. The van der Waals surface area contributed by atoms with Gasteiger partial charge < -0.3 is 9.47 Å². The van der Waals surface area contributed by atoms with Gasteiger partial charge in [-0.05, 0) is 30.5 Å². The van der Waals surface area contributed by atoms with Gasteiger partial charge in [-0.1, -0.05) is 53.7 Å². The quantitative estimate of drug-likeness (QED) is 0.442. The molecule has 32 heavy (non-hydrogen) atoms. The fraction of sp³-hybridized carbons (Fsp3) is 0.435. The van der Waals surface area contributed by atoms with Gasteiger partial charge in [0.15, 0.2) is 5.16 Å². The van der Waals surface area contributed by atoms with E-state index in [1.807, 2.05) is 17.0 Å². The number of halogens is 1. The maximum absolute atomic E-state index is 12.9. The van der Waals surface area contributed by atoms with Crippen molar-refractivity contribution in [3.05, 3.63) is 63.1 Å². The highest BCUT2D eigenvalue weighted by molar-refractivity contribution is 7.99. The van der Waals surface area contributed by atoms with Crippen molar-refractivity contribution in [1.29, 1.82) is 0 Å². The van der Waals surface area contributed by atoms with Crippen LogP contribution in [0.5, 0.6) is 0 Å². The Hall–Kier alpha value is -1.87. The van der Waals surface area contributed by atoms with Gasteiger partial charge in [0.05, 0.1) is 16.6 Å². The van der Waals surface area contributed by atoms with Gasteiger partial charge in [0.2, 0.25) is 5.91 Å². The van der Waals surface area contributed by atoms with E-state index in [-0.39, 0.29) is 5.91 Å². The number of thioether (sulfide) groups is 1. The van der Waals surface area contributed by atoms with E-state index >= 15 is 0 Å². The van der Waals surface area contributed by atoms with Crippen molar-refractivity contribution in [3.63, 3.8) is 0 Å². The van der Waals surface area contributed by atoms with E-state index < -0.39 is 0 Å². The van der Waals surface area contributed by atoms with Crippen molar-refractivity contribution >= 4 is 40.6 Å². The van der Waals surface area contributed by atoms with Gasteiger partial charge in [0, 0.05) is 43.5 Å². The summed E-state index contributed by atoms with van der Waals surface area (Å²) in [5, 5.41) is 9.75. The number of thiophene rings is 1. The number of benzene rings is 1. The summed E-state index contributed by atoms with van der Waals surface area (Å²) in [6.07, 6.45) is 2.36. The number of nitrogens with zero attached hydrogens (tertiary/aromatic N) is 5. The zero-order valence-electron chi connectivity index (χ0n) is 17.8. The Bertz CT molecular complexity index is 1060. The standard InChI is InChI=1S/C23H26ClN5OS2/c24-20-9-8-19(32-20)15-27-10-12-28(13-11-27)21(30)16-31-23-26-25-22(18-6-7-18)29(23)14-17-4-2-1-3-5-17/h1-5,8-9,18H,6-7,10-16H2. The van der Waals surface area contributed by atoms with E-state index in [2.05, 4.69) is 50.0 Å². The minimum absolute atomic E-state index is 0.177. The van der Waals surface area contributed by atoms with Crippen LogP contribution in [-0.2, 0) is 17.9 Å². The molecule has 1 aromatic carbocycles. The number of rotatable bonds is 8. The number of aromatic nitrogens is 3. The molecule has 0 bridgehead atoms. The van der Waals surface area contributed by atoms with Crippen molar-refractivity contribution in [2.75, 3.05) is 31.9 Å². The van der Waals surface area contributed by atoms with Crippen molar-refractivity contribution < 1.29 is 4.79 Å². The minimum atomic E-state index is 0.177. The molecule has 0 radical (unpaired) electrons. The molecule has 9 heteroatoms. The first kappa shape index (κ1) is 21.9. The maximum Gasteiger partial charge on any atom is 0.233 e. The Labute approximate surface area is 201 Å². The van der Waals surface area contributed by atoms with E-state index in [1.54, 1.807) is 11.3 Å². The third kappa shape index (κ3) is 5.36. The Morgan fingerprint density at radius 3 is 2.50 bits per heavy atom. The number of hydrogen-bond acceptors (Lipinski definition) is 6. The highest BCUT2D eigenvalue weighted by Gasteiger charge is 2.31. The molecular weight excluding hydrogens is 462 g/mol. The summed E-state index contributed by atoms with van der Waals surface area (Å²) >= 11 is 9.18. The van der Waals surface area contributed by atoms with Crippen LogP contribution in [0.3, 0.4) is 0 Å². The fourth-order valence-corrected chi connectivity index (χ4v) is 5.97. The summed E-state index contributed by atoms with van der Waals surface area (Å²) < 4.78 is 3.03. The van der Waals surface area contributed by atoms with Gasteiger partial charge in [0.1, 0.15) is 5.82 Å². The summed E-state index contributed by atoms with van der Waals surface area (Å²) in [5.41, 5.74) is 1.23. The monoisotopic (exact) mass is 487 g/mol. The van der Waals surface area contributed by atoms with Gasteiger partial charge in [-0.25, -0.2) is 0 Å². The third-order valence-corrected chi connectivity index (χ3v) is 8.10. The predicted octanol–water partition coefficient (Wildman–Crippen LogP) is 4.36. The molecule has 2 aliphatic rings. The fourth-order valence-electron chi connectivity index (χ4n) is 4.00. The van der Waals surface area contributed by atoms with Gasteiger partial charge in [0.25, 0.3) is 0 Å². The Kier molecular flexibility index (Phi) is 6.83. The molecule has 1 aliphatic carbocycles. The summed E-state index contributed by atoms with van der Waals surface area (Å²) in [7, 11) is 0. The molecule has 3 heterocycles. The Balaban J connectivity index is 1.16. The lowest BCUT2D eigenvalue weighted by molar-refractivity contribution is -0.130. The van der Waals surface area contributed by atoms with E-state index in [0.29, 0.717) is 11.7 Å². The van der Waals surface area contributed by atoms with Crippen LogP contribution in [0.1, 0.15) is 35.0 Å². The largest absolute Gasteiger partial charge is 0.339 e. The van der Waals surface area contributed by atoms with Gasteiger partial charge >= 0.3 is 0 Å². The lowest BCUT2D eigenvalue weighted by Crippen LogP contribution is -2.48. The molecule has 0 atom stereocenters. The number of piperazine rings is 1. The number of carbonyl (C=O) groups excluding carboxylic acids is 1. The molecule has 1 aliphatic heterocycles. The second kappa shape index (κ2) is 9.95. The SMILES string of the molecule is O=C(CSc1nnc(C2CC2)n1Cc1ccccc1)N1CCN(Cc2ccc(Cl)s2)CC1. The molecule has 0 unspecified atom stereocenters. The van der Waals surface area contributed by atoms with Crippen LogP contribution in [0, 0.1) is 0 Å². The highest BCUT2D eigenvalue weighted by atomic mass is 35.5. The number of carbonyl (C=O) groups is 1. The molecule has 5 rings (SSSR count). The molecule has 2 aromatic heterocycles. The summed E-state index contributed by atoms with van der Waals surface area (Å²) in [4.78, 5) is 18.5. The molecule has 3 aromatic rings. The van der Waals surface area contributed by atoms with Crippen LogP contribution in [0.2, 0.25) is 4.34 Å². The molecule has 6 nitrogen and oxygen atoms in total. The summed E-state index contributed by atoms with van der Waals surface area (Å²) in [5.74, 6) is 2.16. The van der Waals surface area contributed by atoms with Crippen LogP contribution in [-0.4, -0.2) is 62.4 Å². The summed E-state index contributed by atoms with van der Waals surface area (Å²) in [6, 6.07) is 14.4. The van der Waals surface area contributed by atoms with E-state index in [1.165, 1.54) is 35.0 Å². The lowest BCUT2D eigenvalue weighted by Gasteiger charge is -2.34. The second-order valence-corrected chi connectivity index (χ2v) is 11.1. The zero-order valence-corrected chi connectivity index (χ0v) is 20.2. The van der Waals surface area contributed by atoms with Crippen LogP contribution >= 0.6 is 34.7 Å². The molecule has 1 saturated carbocycles. The zero-order chi connectivity index (χ0) is 21.9. The van der Waals surface area contributed by atoms with Gasteiger partial charge in [-0.2, -0.15) is 0 Å². The van der Waals surface area contributed by atoms with Crippen LogP contribution in [0.25, 0.3) is 0 Å². The van der Waals surface area contributed by atoms with Gasteiger partial charge in [-0.15, -0.1) is 21.5 Å². The van der Waals surface area contributed by atoms with E-state index in [0.717, 1.165) is 54.6 Å². The predicted molar refractivity (Wildman–Crippen MR) is 129 cm³/mol. The van der Waals surface area contributed by atoms with Crippen molar-refractivity contribution in [3.8, 4) is 0 Å². The normalized spacial score (nSPS) is 17.1. The molecule has 1 amide bonds. The average Bonchev–Trinajstić information content (AvgIpc) is 3.46. The van der Waals surface area contributed by atoms with E-state index in [9.17, 15) is 4.79 Å².